The SMILES string of the molecule is O=C(O)CC1=CCN(Cc2ncc(C3CC3)cn2)CC1. The molecule has 1 N–H and O–H groups in total. The minimum Gasteiger partial charge on any atom is -0.481 e. The molecule has 1 saturated carbocycles. The van der Waals surface area contributed by atoms with Crippen LogP contribution in [-0.2, 0) is 11.3 Å². The lowest BCUT2D eigenvalue weighted by atomic mass is 10.1. The van der Waals surface area contributed by atoms with E-state index in [2.05, 4.69) is 14.9 Å². The lowest BCUT2D eigenvalue weighted by Crippen LogP contribution is -2.29. The quantitative estimate of drug-likeness (QED) is 0.831. The molecule has 1 aromatic heterocycles. The normalized spacial score (nSPS) is 19.7. The monoisotopic (exact) mass is 273 g/mol. The maximum Gasteiger partial charge on any atom is 0.307 e. The Morgan fingerprint density at radius 1 is 1.35 bits per heavy atom. The van der Waals surface area contributed by atoms with Crippen molar-refractivity contribution in [2.75, 3.05) is 13.1 Å². The Labute approximate surface area is 118 Å². The highest BCUT2D eigenvalue weighted by molar-refractivity contribution is 5.70. The van der Waals surface area contributed by atoms with Crippen LogP contribution in [0.15, 0.2) is 24.0 Å². The fourth-order valence-corrected chi connectivity index (χ4v) is 2.53. The highest BCUT2D eigenvalue weighted by atomic mass is 16.4. The molecule has 0 unspecified atom stereocenters. The molecular formula is C15H19N3O2. The van der Waals surface area contributed by atoms with Crippen LogP contribution in [0.2, 0.25) is 0 Å². The van der Waals surface area contributed by atoms with Crippen molar-refractivity contribution in [2.45, 2.75) is 38.1 Å². The van der Waals surface area contributed by atoms with E-state index in [0.29, 0.717) is 5.92 Å². The second kappa shape index (κ2) is 5.71. The summed E-state index contributed by atoms with van der Waals surface area (Å²) in [7, 11) is 0. The maximum atomic E-state index is 10.7. The standard InChI is InChI=1S/C15H19N3O2/c19-15(20)7-11-3-5-18(6-4-11)10-14-16-8-13(9-17-14)12-1-2-12/h3,8-9,12H,1-2,4-7,10H2,(H,19,20). The van der Waals surface area contributed by atoms with Gasteiger partial charge < -0.3 is 5.11 Å². The van der Waals surface area contributed by atoms with Gasteiger partial charge in [-0.1, -0.05) is 11.6 Å². The molecule has 5 heteroatoms. The third-order valence-corrected chi connectivity index (χ3v) is 3.90. The molecular weight excluding hydrogens is 254 g/mol. The molecule has 5 nitrogen and oxygen atoms in total. The molecule has 0 bridgehead atoms. The number of carbonyl (C=O) groups is 1. The summed E-state index contributed by atoms with van der Waals surface area (Å²) < 4.78 is 0. The summed E-state index contributed by atoms with van der Waals surface area (Å²) >= 11 is 0. The Kier molecular flexibility index (Phi) is 3.78. The predicted molar refractivity (Wildman–Crippen MR) is 74.2 cm³/mol. The molecule has 106 valence electrons. The zero-order chi connectivity index (χ0) is 13.9. The van der Waals surface area contributed by atoms with Crippen LogP contribution in [0.4, 0.5) is 0 Å². The minimum atomic E-state index is -0.747. The lowest BCUT2D eigenvalue weighted by Gasteiger charge is -2.25. The summed E-state index contributed by atoms with van der Waals surface area (Å²) in [6.07, 6.45) is 9.46. The molecule has 1 aliphatic heterocycles. The van der Waals surface area contributed by atoms with Crippen molar-refractivity contribution in [3.05, 3.63) is 35.4 Å². The number of hydrogen-bond donors (Lipinski definition) is 1. The molecule has 3 rings (SSSR count). The van der Waals surface area contributed by atoms with E-state index >= 15 is 0 Å². The van der Waals surface area contributed by atoms with Gasteiger partial charge in [0.1, 0.15) is 5.82 Å². The molecule has 1 aliphatic carbocycles. The summed E-state index contributed by atoms with van der Waals surface area (Å²) in [6.45, 7) is 2.41. The van der Waals surface area contributed by atoms with Crippen molar-refractivity contribution >= 4 is 5.97 Å². The van der Waals surface area contributed by atoms with Crippen molar-refractivity contribution < 1.29 is 9.90 Å². The summed E-state index contributed by atoms with van der Waals surface area (Å²) in [4.78, 5) is 21.8. The van der Waals surface area contributed by atoms with Crippen LogP contribution < -0.4 is 0 Å². The second-order valence-electron chi connectivity index (χ2n) is 5.62. The zero-order valence-corrected chi connectivity index (χ0v) is 11.5. The van der Waals surface area contributed by atoms with Crippen LogP contribution in [0.3, 0.4) is 0 Å². The number of aromatic nitrogens is 2. The fourth-order valence-electron chi connectivity index (χ4n) is 2.53. The van der Waals surface area contributed by atoms with Gasteiger partial charge in [-0.05, 0) is 30.7 Å². The van der Waals surface area contributed by atoms with E-state index in [1.54, 1.807) is 0 Å². The van der Waals surface area contributed by atoms with Gasteiger partial charge >= 0.3 is 5.97 Å². The van der Waals surface area contributed by atoms with Crippen LogP contribution in [0.5, 0.6) is 0 Å². The Morgan fingerprint density at radius 2 is 2.10 bits per heavy atom. The van der Waals surface area contributed by atoms with Gasteiger partial charge in [0, 0.05) is 25.5 Å². The molecule has 0 spiro atoms. The van der Waals surface area contributed by atoms with Crippen LogP contribution in [0.1, 0.15) is 43.0 Å². The van der Waals surface area contributed by atoms with Gasteiger partial charge in [0.05, 0.1) is 13.0 Å². The number of nitrogens with zero attached hydrogens (tertiary/aromatic N) is 3. The van der Waals surface area contributed by atoms with Gasteiger partial charge in [0.2, 0.25) is 0 Å². The first-order chi connectivity index (χ1) is 9.70. The highest BCUT2D eigenvalue weighted by Gasteiger charge is 2.24. The van der Waals surface area contributed by atoms with Gasteiger partial charge in [-0.2, -0.15) is 0 Å². The van der Waals surface area contributed by atoms with Crippen LogP contribution >= 0.6 is 0 Å². The van der Waals surface area contributed by atoms with E-state index in [9.17, 15) is 4.79 Å². The molecule has 1 aromatic rings. The molecule has 20 heavy (non-hydrogen) atoms. The molecule has 0 atom stereocenters. The Bertz CT molecular complexity index is 520. The fraction of sp³-hybridized carbons (Fsp3) is 0.533. The Hall–Kier alpha value is -1.75. The van der Waals surface area contributed by atoms with Crippen molar-refractivity contribution in [3.8, 4) is 0 Å². The van der Waals surface area contributed by atoms with Gasteiger partial charge in [-0.25, -0.2) is 9.97 Å². The van der Waals surface area contributed by atoms with E-state index in [1.165, 1.54) is 18.4 Å². The highest BCUT2D eigenvalue weighted by Crippen LogP contribution is 2.39. The topological polar surface area (TPSA) is 66.3 Å². The zero-order valence-electron chi connectivity index (χ0n) is 11.5. The first-order valence-electron chi connectivity index (χ1n) is 7.13. The minimum absolute atomic E-state index is 0.167. The average Bonchev–Trinajstić information content (AvgIpc) is 3.26. The summed E-state index contributed by atoms with van der Waals surface area (Å²) in [5, 5.41) is 8.77. The van der Waals surface area contributed by atoms with E-state index in [0.717, 1.165) is 37.5 Å². The third-order valence-electron chi connectivity index (χ3n) is 3.90. The Balaban J connectivity index is 1.53. The van der Waals surface area contributed by atoms with Gasteiger partial charge in [0.15, 0.2) is 0 Å². The Morgan fingerprint density at radius 3 is 2.65 bits per heavy atom. The first-order valence-corrected chi connectivity index (χ1v) is 7.13. The van der Waals surface area contributed by atoms with E-state index in [-0.39, 0.29) is 6.42 Å². The average molecular weight is 273 g/mol. The first kappa shape index (κ1) is 13.2. The van der Waals surface area contributed by atoms with E-state index in [1.807, 2.05) is 18.5 Å². The molecule has 1 fully saturated rings. The lowest BCUT2D eigenvalue weighted by molar-refractivity contribution is -0.136. The van der Waals surface area contributed by atoms with Gasteiger partial charge in [0.25, 0.3) is 0 Å². The molecule has 0 radical (unpaired) electrons. The third kappa shape index (κ3) is 3.42. The van der Waals surface area contributed by atoms with Crippen LogP contribution in [0, 0.1) is 0 Å². The molecule has 0 saturated heterocycles. The second-order valence-corrected chi connectivity index (χ2v) is 5.62. The maximum absolute atomic E-state index is 10.7. The summed E-state index contributed by atoms with van der Waals surface area (Å²) in [5.41, 5.74) is 2.29. The smallest absolute Gasteiger partial charge is 0.307 e. The number of rotatable bonds is 5. The predicted octanol–water partition coefficient (Wildman–Crippen LogP) is 1.96. The number of hydrogen-bond acceptors (Lipinski definition) is 4. The molecule has 2 heterocycles. The van der Waals surface area contributed by atoms with Crippen molar-refractivity contribution in [2.24, 2.45) is 0 Å². The molecule has 2 aliphatic rings. The van der Waals surface area contributed by atoms with E-state index in [4.69, 9.17) is 5.11 Å². The number of carboxylic acids is 1. The summed E-state index contributed by atoms with van der Waals surface area (Å²) in [6, 6.07) is 0. The molecule has 0 aromatic carbocycles. The van der Waals surface area contributed by atoms with Crippen LogP contribution in [-0.4, -0.2) is 39.0 Å². The van der Waals surface area contributed by atoms with Crippen molar-refractivity contribution in [1.29, 1.82) is 0 Å². The van der Waals surface area contributed by atoms with Gasteiger partial charge in [-0.15, -0.1) is 0 Å². The van der Waals surface area contributed by atoms with Crippen molar-refractivity contribution in [3.63, 3.8) is 0 Å². The van der Waals surface area contributed by atoms with Crippen molar-refractivity contribution in [1.82, 2.24) is 14.9 Å². The largest absolute Gasteiger partial charge is 0.481 e. The van der Waals surface area contributed by atoms with Gasteiger partial charge in [-0.3, -0.25) is 9.69 Å². The number of carboxylic acid groups (broad SMARTS) is 1. The van der Waals surface area contributed by atoms with E-state index < -0.39 is 5.97 Å². The molecule has 0 amide bonds. The summed E-state index contributed by atoms with van der Waals surface area (Å²) in [5.74, 6) is 0.800. The van der Waals surface area contributed by atoms with Crippen LogP contribution in [0.25, 0.3) is 0 Å². The number of aliphatic carboxylic acids is 1.